The number of nitrogens with one attached hydrogen (secondary N) is 1. The molecule has 2 heterocycles. The van der Waals surface area contributed by atoms with Crippen molar-refractivity contribution in [1.29, 1.82) is 0 Å². The molecule has 0 aliphatic rings. The molecule has 4 rings (SSSR count). The van der Waals surface area contributed by atoms with E-state index in [9.17, 15) is 16.8 Å². The Labute approximate surface area is 252 Å². The van der Waals surface area contributed by atoms with Gasteiger partial charge in [-0.25, -0.2) is 21.5 Å². The molecule has 4 aromatic rings. The summed E-state index contributed by atoms with van der Waals surface area (Å²) in [7, 11) is -5.79. The SMILES string of the molecule is CS(=O)(=O)c1ccc(-n2cc(I)c(Cl)n2)cc1.CS(=O)(=O)c1ccc(O[B]O)cc1.Clc1[nH]ncc1I. The van der Waals surface area contributed by atoms with Gasteiger partial charge < -0.3 is 9.68 Å². The first-order chi connectivity index (χ1) is 17.2. The van der Waals surface area contributed by atoms with Gasteiger partial charge in [0.05, 0.1) is 28.8 Å². The van der Waals surface area contributed by atoms with Gasteiger partial charge in [-0.2, -0.15) is 10.2 Å². The minimum Gasteiger partial charge on any atom is -0.537 e. The van der Waals surface area contributed by atoms with Crippen molar-refractivity contribution in [3.63, 3.8) is 0 Å². The first kappa shape index (κ1) is 31.8. The van der Waals surface area contributed by atoms with Gasteiger partial charge in [0, 0.05) is 18.7 Å². The van der Waals surface area contributed by atoms with Crippen molar-refractivity contribution in [2.75, 3.05) is 12.5 Å². The van der Waals surface area contributed by atoms with Crippen molar-refractivity contribution in [3.05, 3.63) is 78.4 Å². The first-order valence-electron chi connectivity index (χ1n) is 9.70. The van der Waals surface area contributed by atoms with Crippen LogP contribution >= 0.6 is 68.4 Å². The largest absolute Gasteiger partial charge is 0.569 e. The van der Waals surface area contributed by atoms with E-state index in [1.807, 2.05) is 0 Å². The molecule has 197 valence electrons. The molecule has 0 atom stereocenters. The topological polar surface area (TPSA) is 144 Å². The highest BCUT2D eigenvalue weighted by atomic mass is 127. The zero-order chi connectivity index (χ0) is 27.8. The summed E-state index contributed by atoms with van der Waals surface area (Å²) in [5, 5.41) is 19.7. The summed E-state index contributed by atoms with van der Waals surface area (Å²) in [6, 6.07) is 12.2. The number of halogens is 4. The summed E-state index contributed by atoms with van der Waals surface area (Å²) in [6.45, 7) is 0. The lowest BCUT2D eigenvalue weighted by atomic mass is 10.3. The standard InChI is InChI=1S/C10H8ClIN2O2S.C7H8BO4S.C3H2ClIN2/c1-17(15,16)8-4-2-7(3-5-8)14-6-9(12)10(11)13-14;1-13(10,11)7-4-2-6(3-5-7)12-8-9;4-3-2(5)1-6-7-3/h2-6H,1H3;2-5,9H,1H3;1H,(H,6,7). The van der Waals surface area contributed by atoms with E-state index in [2.05, 4.69) is 65.1 Å². The van der Waals surface area contributed by atoms with Crippen LogP contribution in [0.25, 0.3) is 5.69 Å². The lowest BCUT2D eigenvalue weighted by Crippen LogP contribution is -2.01. The Morgan fingerprint density at radius 2 is 1.43 bits per heavy atom. The van der Waals surface area contributed by atoms with Crippen LogP contribution in [-0.4, -0.2) is 62.0 Å². The number of nitrogens with zero attached hydrogens (tertiary/aromatic N) is 3. The maximum absolute atomic E-state index is 11.3. The predicted molar refractivity (Wildman–Crippen MR) is 159 cm³/mol. The third-order valence-electron chi connectivity index (χ3n) is 4.15. The van der Waals surface area contributed by atoms with Crippen LogP contribution in [0.2, 0.25) is 10.3 Å². The van der Waals surface area contributed by atoms with E-state index in [1.165, 1.54) is 30.5 Å². The molecule has 10 nitrogen and oxygen atoms in total. The molecule has 2 N–H and O–H groups in total. The van der Waals surface area contributed by atoms with E-state index in [-0.39, 0.29) is 9.79 Å². The molecule has 0 saturated carbocycles. The average molecular weight is 810 g/mol. The van der Waals surface area contributed by atoms with Gasteiger partial charge in [-0.05, 0) is 93.7 Å². The smallest absolute Gasteiger partial charge is 0.537 e. The van der Waals surface area contributed by atoms with Crippen LogP contribution in [0.4, 0.5) is 0 Å². The maximum Gasteiger partial charge on any atom is 0.569 e. The van der Waals surface area contributed by atoms with Crippen molar-refractivity contribution in [3.8, 4) is 11.4 Å². The monoisotopic (exact) mass is 809 g/mol. The van der Waals surface area contributed by atoms with Gasteiger partial charge >= 0.3 is 7.69 Å². The van der Waals surface area contributed by atoms with E-state index in [4.69, 9.17) is 28.2 Å². The van der Waals surface area contributed by atoms with Gasteiger partial charge in [0.1, 0.15) is 10.9 Å². The fourth-order valence-electron chi connectivity index (χ4n) is 2.39. The van der Waals surface area contributed by atoms with Crippen molar-refractivity contribution in [2.24, 2.45) is 0 Å². The molecule has 0 amide bonds. The molecule has 0 aliphatic heterocycles. The second-order valence-corrected chi connectivity index (χ2v) is 14.1. The molecule has 0 spiro atoms. The number of hydrogen-bond acceptors (Lipinski definition) is 8. The molecular weight excluding hydrogens is 792 g/mol. The average Bonchev–Trinajstić information content (AvgIpc) is 3.37. The molecule has 0 saturated heterocycles. The Balaban J connectivity index is 0.000000212. The highest BCUT2D eigenvalue weighted by molar-refractivity contribution is 14.1. The van der Waals surface area contributed by atoms with Gasteiger partial charge in [-0.1, -0.05) is 23.2 Å². The van der Waals surface area contributed by atoms with Gasteiger partial charge in [-0.15, -0.1) is 0 Å². The Hall–Kier alpha value is -1.38. The number of aromatic nitrogens is 4. The molecule has 17 heteroatoms. The van der Waals surface area contributed by atoms with Crippen LogP contribution in [0.3, 0.4) is 0 Å². The van der Waals surface area contributed by atoms with Crippen LogP contribution in [0.5, 0.6) is 5.75 Å². The number of rotatable bonds is 5. The van der Waals surface area contributed by atoms with E-state index in [0.29, 0.717) is 23.7 Å². The molecule has 0 fully saturated rings. The van der Waals surface area contributed by atoms with Crippen LogP contribution in [0.15, 0.2) is 70.7 Å². The molecule has 0 bridgehead atoms. The Bertz CT molecular complexity index is 1500. The van der Waals surface area contributed by atoms with Gasteiger partial charge in [0.15, 0.2) is 24.8 Å². The second-order valence-electron chi connectivity index (χ2n) is 6.98. The second kappa shape index (κ2) is 14.1. The quantitative estimate of drug-likeness (QED) is 0.226. The summed E-state index contributed by atoms with van der Waals surface area (Å²) in [5.41, 5.74) is 0.766. The van der Waals surface area contributed by atoms with E-state index in [0.717, 1.165) is 19.1 Å². The molecule has 0 aliphatic carbocycles. The Morgan fingerprint density at radius 1 is 0.919 bits per heavy atom. The fraction of sp³-hybridized carbons (Fsp3) is 0.100. The molecule has 1 radical (unpaired) electrons. The number of sulfone groups is 2. The van der Waals surface area contributed by atoms with Gasteiger partial charge in [0.2, 0.25) is 0 Å². The summed E-state index contributed by atoms with van der Waals surface area (Å²) in [6.07, 6.45) is 5.75. The molecule has 2 aromatic heterocycles. The van der Waals surface area contributed by atoms with Crippen molar-refractivity contribution >= 4 is 95.7 Å². The Morgan fingerprint density at radius 3 is 1.76 bits per heavy atom. The summed E-state index contributed by atoms with van der Waals surface area (Å²) < 4.78 is 52.6. The minimum atomic E-state index is -3.16. The highest BCUT2D eigenvalue weighted by Crippen LogP contribution is 2.20. The van der Waals surface area contributed by atoms with Crippen LogP contribution in [-0.2, 0) is 19.7 Å². The van der Waals surface area contributed by atoms with E-state index >= 15 is 0 Å². The van der Waals surface area contributed by atoms with Crippen molar-refractivity contribution < 1.29 is 26.5 Å². The van der Waals surface area contributed by atoms with Crippen LogP contribution in [0.1, 0.15) is 0 Å². The summed E-state index contributed by atoms with van der Waals surface area (Å²) in [4.78, 5) is 0.506. The number of hydrogen-bond donors (Lipinski definition) is 2. The van der Waals surface area contributed by atoms with Gasteiger partial charge in [-0.3, -0.25) is 5.10 Å². The number of aromatic amines is 1. The zero-order valence-corrected chi connectivity index (χ0v) is 26.5. The highest BCUT2D eigenvalue weighted by Gasteiger charge is 2.09. The van der Waals surface area contributed by atoms with Crippen molar-refractivity contribution in [2.45, 2.75) is 9.79 Å². The lowest BCUT2D eigenvalue weighted by molar-refractivity contribution is 0.453. The summed E-state index contributed by atoms with van der Waals surface area (Å²) >= 11 is 15.5. The van der Waals surface area contributed by atoms with Crippen LogP contribution < -0.4 is 4.65 Å². The maximum atomic E-state index is 11.3. The predicted octanol–water partition coefficient (Wildman–Crippen LogP) is 4.20. The lowest BCUT2D eigenvalue weighted by Gasteiger charge is -2.02. The normalized spacial score (nSPS) is 11.0. The Kier molecular flexibility index (Phi) is 12.2. The summed E-state index contributed by atoms with van der Waals surface area (Å²) in [5.74, 6) is 0.384. The van der Waals surface area contributed by atoms with Crippen molar-refractivity contribution in [1.82, 2.24) is 20.0 Å². The molecule has 2 aromatic carbocycles. The number of H-pyrrole nitrogens is 1. The fourth-order valence-corrected chi connectivity index (χ4v) is 4.51. The van der Waals surface area contributed by atoms with E-state index in [1.54, 1.807) is 41.3 Å². The molecule has 37 heavy (non-hydrogen) atoms. The molecular formula is C20H18BCl2I2N4O6S2. The first-order valence-corrected chi connectivity index (χ1v) is 16.4. The minimum absolute atomic E-state index is 0.220. The third-order valence-corrected chi connectivity index (χ3v) is 9.22. The van der Waals surface area contributed by atoms with Crippen LogP contribution in [0, 0.1) is 7.14 Å². The molecule has 0 unspecified atom stereocenters. The zero-order valence-electron chi connectivity index (χ0n) is 19.0. The van der Waals surface area contributed by atoms with E-state index < -0.39 is 19.7 Å². The third kappa shape index (κ3) is 10.4. The van der Waals surface area contributed by atoms with Gasteiger partial charge in [0.25, 0.3) is 0 Å². The number of benzene rings is 2.